The van der Waals surface area contributed by atoms with Crippen molar-refractivity contribution in [3.8, 4) is 0 Å². The van der Waals surface area contributed by atoms with Crippen LogP contribution in [0.4, 0.5) is 0 Å². The van der Waals surface area contributed by atoms with Crippen LogP contribution in [0.5, 0.6) is 0 Å². The normalized spacial score (nSPS) is 29.6. The minimum atomic E-state index is -3.32. The van der Waals surface area contributed by atoms with Crippen LogP contribution in [0.3, 0.4) is 0 Å². The van der Waals surface area contributed by atoms with E-state index in [4.69, 9.17) is 0 Å². The number of halogens is 1. The highest BCUT2D eigenvalue weighted by Gasteiger charge is 2.39. The second-order valence-corrected chi connectivity index (χ2v) is 8.06. The van der Waals surface area contributed by atoms with Crippen LogP contribution in [-0.4, -0.2) is 36.7 Å². The topological polar surface area (TPSA) is 49.4 Å². The van der Waals surface area contributed by atoms with Crippen LogP contribution in [0.25, 0.3) is 0 Å². The number of alkyl halides is 1. The van der Waals surface area contributed by atoms with Gasteiger partial charge in [0.25, 0.3) is 10.2 Å². The molecule has 106 valence electrons. The Hall–Kier alpha value is 0.350. The van der Waals surface area contributed by atoms with Gasteiger partial charge in [0.1, 0.15) is 0 Å². The van der Waals surface area contributed by atoms with Gasteiger partial charge < -0.3 is 0 Å². The number of rotatable bonds is 4. The predicted octanol–water partition coefficient (Wildman–Crippen LogP) is 2.26. The zero-order chi connectivity index (χ0) is 13.2. The molecule has 6 heteroatoms. The highest BCUT2D eigenvalue weighted by molar-refractivity contribution is 9.09. The van der Waals surface area contributed by atoms with E-state index < -0.39 is 10.2 Å². The first-order chi connectivity index (χ1) is 8.47. The van der Waals surface area contributed by atoms with Crippen molar-refractivity contribution in [3.63, 3.8) is 0 Å². The Balaban J connectivity index is 2.06. The first kappa shape index (κ1) is 14.8. The Morgan fingerprint density at radius 1 is 1.33 bits per heavy atom. The van der Waals surface area contributed by atoms with Gasteiger partial charge in [-0.1, -0.05) is 35.7 Å². The maximum absolute atomic E-state index is 12.4. The standard InChI is InChI=1S/C12H23BrN2O2S/c1-11-5-4-8-15(9-11)18(16,17)14-12(10-13)6-2-3-7-12/h11,14H,2-10H2,1H3. The smallest absolute Gasteiger partial charge is 0.195 e. The van der Waals surface area contributed by atoms with Gasteiger partial charge in [-0.05, 0) is 31.6 Å². The number of piperidine rings is 1. The summed E-state index contributed by atoms with van der Waals surface area (Å²) in [6, 6.07) is 0. The van der Waals surface area contributed by atoms with Crippen molar-refractivity contribution in [2.45, 2.75) is 51.0 Å². The Morgan fingerprint density at radius 3 is 2.56 bits per heavy atom. The van der Waals surface area contributed by atoms with Crippen molar-refractivity contribution in [2.75, 3.05) is 18.4 Å². The molecule has 0 amide bonds. The summed E-state index contributed by atoms with van der Waals surface area (Å²) in [4.78, 5) is 0. The minimum absolute atomic E-state index is 0.250. The molecule has 1 heterocycles. The maximum atomic E-state index is 12.4. The van der Waals surface area contributed by atoms with E-state index in [1.807, 2.05) is 0 Å². The van der Waals surface area contributed by atoms with Gasteiger partial charge in [-0.15, -0.1) is 0 Å². The average Bonchev–Trinajstić information content (AvgIpc) is 2.77. The lowest BCUT2D eigenvalue weighted by molar-refractivity contribution is 0.272. The first-order valence-electron chi connectivity index (χ1n) is 6.82. The van der Waals surface area contributed by atoms with Crippen molar-refractivity contribution in [1.29, 1.82) is 0 Å². The molecule has 0 aromatic heterocycles. The summed E-state index contributed by atoms with van der Waals surface area (Å²) in [7, 11) is -3.32. The van der Waals surface area contributed by atoms with Gasteiger partial charge in [-0.3, -0.25) is 0 Å². The molecule has 18 heavy (non-hydrogen) atoms. The van der Waals surface area contributed by atoms with Gasteiger partial charge in [0.05, 0.1) is 0 Å². The third-order valence-electron chi connectivity index (χ3n) is 4.12. The molecule has 1 N–H and O–H groups in total. The monoisotopic (exact) mass is 338 g/mol. The molecule has 0 bridgehead atoms. The molecule has 2 rings (SSSR count). The van der Waals surface area contributed by atoms with Crippen LogP contribution in [0.15, 0.2) is 0 Å². The van der Waals surface area contributed by atoms with Crippen molar-refractivity contribution in [2.24, 2.45) is 5.92 Å². The Morgan fingerprint density at radius 2 is 2.00 bits per heavy atom. The van der Waals surface area contributed by atoms with Gasteiger partial charge in [-0.25, -0.2) is 0 Å². The molecule has 1 aliphatic heterocycles. The van der Waals surface area contributed by atoms with Crippen LogP contribution in [-0.2, 0) is 10.2 Å². The quantitative estimate of drug-likeness (QED) is 0.799. The summed E-state index contributed by atoms with van der Waals surface area (Å²) in [6.07, 6.45) is 6.23. The number of hydrogen-bond acceptors (Lipinski definition) is 2. The minimum Gasteiger partial charge on any atom is -0.195 e. The summed E-state index contributed by atoms with van der Waals surface area (Å²) in [6.45, 7) is 3.45. The number of hydrogen-bond donors (Lipinski definition) is 1. The summed E-state index contributed by atoms with van der Waals surface area (Å²) in [5.41, 5.74) is -0.250. The van der Waals surface area contributed by atoms with Crippen molar-refractivity contribution in [1.82, 2.24) is 9.03 Å². The van der Waals surface area contributed by atoms with Crippen LogP contribution >= 0.6 is 15.9 Å². The second kappa shape index (κ2) is 5.77. The fraction of sp³-hybridized carbons (Fsp3) is 1.00. The Kier molecular flexibility index (Phi) is 4.73. The van der Waals surface area contributed by atoms with E-state index in [0.29, 0.717) is 24.3 Å². The van der Waals surface area contributed by atoms with Gasteiger partial charge in [-0.2, -0.15) is 17.4 Å². The molecule has 0 radical (unpaired) electrons. The van der Waals surface area contributed by atoms with Crippen LogP contribution in [0, 0.1) is 5.92 Å². The molecular weight excluding hydrogens is 316 g/mol. The largest absolute Gasteiger partial charge is 0.279 e. The van der Waals surface area contributed by atoms with Crippen molar-refractivity contribution in [3.05, 3.63) is 0 Å². The van der Waals surface area contributed by atoms with E-state index >= 15 is 0 Å². The molecule has 1 unspecified atom stereocenters. The van der Waals surface area contributed by atoms with Crippen molar-refractivity contribution >= 4 is 26.1 Å². The van der Waals surface area contributed by atoms with Crippen LogP contribution in [0.2, 0.25) is 0 Å². The maximum Gasteiger partial charge on any atom is 0.279 e. The lowest BCUT2D eigenvalue weighted by Gasteiger charge is -2.35. The lowest BCUT2D eigenvalue weighted by Crippen LogP contribution is -2.54. The van der Waals surface area contributed by atoms with Gasteiger partial charge >= 0.3 is 0 Å². The highest BCUT2D eigenvalue weighted by Crippen LogP contribution is 2.32. The zero-order valence-corrected chi connectivity index (χ0v) is 13.4. The third-order valence-corrected chi connectivity index (χ3v) is 6.90. The SMILES string of the molecule is CC1CCCN(S(=O)(=O)NC2(CBr)CCCC2)C1. The van der Waals surface area contributed by atoms with Crippen molar-refractivity contribution < 1.29 is 8.42 Å². The molecule has 2 fully saturated rings. The van der Waals surface area contributed by atoms with Gasteiger partial charge in [0.15, 0.2) is 0 Å². The number of nitrogens with one attached hydrogen (secondary N) is 1. The van der Waals surface area contributed by atoms with E-state index in [1.165, 1.54) is 0 Å². The van der Waals surface area contributed by atoms with E-state index in [9.17, 15) is 8.42 Å². The van der Waals surface area contributed by atoms with E-state index in [2.05, 4.69) is 27.6 Å². The van der Waals surface area contributed by atoms with E-state index in [0.717, 1.165) is 38.5 Å². The summed E-state index contributed by atoms with van der Waals surface area (Å²) in [5.74, 6) is 0.471. The summed E-state index contributed by atoms with van der Waals surface area (Å²) >= 11 is 3.48. The summed E-state index contributed by atoms with van der Waals surface area (Å²) < 4.78 is 29.5. The fourth-order valence-corrected chi connectivity index (χ4v) is 5.68. The Labute approximate surface area is 119 Å². The first-order valence-corrected chi connectivity index (χ1v) is 9.39. The van der Waals surface area contributed by atoms with Gasteiger partial charge in [0, 0.05) is 24.0 Å². The molecule has 0 spiro atoms. The molecule has 2 aliphatic rings. The molecule has 1 aliphatic carbocycles. The third kappa shape index (κ3) is 3.26. The van der Waals surface area contributed by atoms with Crippen LogP contribution in [0.1, 0.15) is 45.4 Å². The molecular formula is C12H23BrN2O2S. The molecule has 0 aromatic rings. The average molecular weight is 339 g/mol. The highest BCUT2D eigenvalue weighted by atomic mass is 79.9. The van der Waals surface area contributed by atoms with Crippen LogP contribution < -0.4 is 4.72 Å². The Bertz CT molecular complexity index is 380. The molecule has 1 saturated carbocycles. The van der Waals surface area contributed by atoms with Gasteiger partial charge in [0.2, 0.25) is 0 Å². The zero-order valence-electron chi connectivity index (χ0n) is 11.0. The van der Waals surface area contributed by atoms with E-state index in [-0.39, 0.29) is 5.54 Å². The number of nitrogens with zero attached hydrogens (tertiary/aromatic N) is 1. The molecule has 1 atom stereocenters. The summed E-state index contributed by atoms with van der Waals surface area (Å²) in [5, 5.41) is 0.711. The molecule has 0 aromatic carbocycles. The molecule has 4 nitrogen and oxygen atoms in total. The molecule has 1 saturated heterocycles. The predicted molar refractivity (Wildman–Crippen MR) is 77.0 cm³/mol. The fourth-order valence-electron chi connectivity index (χ4n) is 3.02. The van der Waals surface area contributed by atoms with E-state index in [1.54, 1.807) is 4.31 Å². The lowest BCUT2D eigenvalue weighted by atomic mass is 10.0. The second-order valence-electron chi connectivity index (χ2n) is 5.83.